The predicted octanol–water partition coefficient (Wildman–Crippen LogP) is 3.92. The third kappa shape index (κ3) is 2.67. The molecule has 1 aromatic carbocycles. The van der Waals surface area contributed by atoms with Crippen LogP contribution >= 0.6 is 0 Å². The standard InChI is InChI=1S/C19H24O4/c1-17(2,3)19(16(21)22)14(18(19,4)5)11-12-15(20)23-13-9-7-6-8-10-13/h6-12,14H,1-5H3,(H,21,22)/b12-11-/t14-,19+/m0/s1. The molecule has 4 heteroatoms. The molecular formula is C19H24O4. The third-order valence-corrected chi connectivity index (χ3v) is 5.08. The van der Waals surface area contributed by atoms with Crippen LogP contribution in [0.2, 0.25) is 0 Å². The van der Waals surface area contributed by atoms with Gasteiger partial charge in [0.15, 0.2) is 0 Å². The number of hydrogen-bond acceptors (Lipinski definition) is 3. The molecule has 23 heavy (non-hydrogen) atoms. The number of carboxylic acid groups (broad SMARTS) is 1. The number of benzene rings is 1. The number of carboxylic acids is 1. The lowest BCUT2D eigenvalue weighted by Gasteiger charge is -2.30. The van der Waals surface area contributed by atoms with Crippen molar-refractivity contribution in [2.75, 3.05) is 0 Å². The van der Waals surface area contributed by atoms with E-state index < -0.39 is 28.2 Å². The molecule has 0 radical (unpaired) electrons. The maximum Gasteiger partial charge on any atom is 0.335 e. The Morgan fingerprint density at radius 3 is 2.17 bits per heavy atom. The fourth-order valence-electron chi connectivity index (χ4n) is 4.16. The fourth-order valence-corrected chi connectivity index (χ4v) is 4.16. The summed E-state index contributed by atoms with van der Waals surface area (Å²) < 4.78 is 5.20. The van der Waals surface area contributed by atoms with Crippen LogP contribution in [0, 0.1) is 22.2 Å². The Balaban J connectivity index is 2.17. The zero-order valence-corrected chi connectivity index (χ0v) is 14.3. The maximum absolute atomic E-state index is 11.9. The molecule has 2 atom stereocenters. The second-order valence-corrected chi connectivity index (χ2v) is 7.66. The monoisotopic (exact) mass is 316 g/mol. The van der Waals surface area contributed by atoms with Crippen molar-refractivity contribution in [3.63, 3.8) is 0 Å². The van der Waals surface area contributed by atoms with Crippen LogP contribution in [-0.2, 0) is 9.59 Å². The van der Waals surface area contributed by atoms with Crippen LogP contribution in [0.15, 0.2) is 42.5 Å². The summed E-state index contributed by atoms with van der Waals surface area (Å²) in [7, 11) is 0. The number of hydrogen-bond donors (Lipinski definition) is 1. The number of ether oxygens (including phenoxy) is 1. The van der Waals surface area contributed by atoms with Crippen LogP contribution in [0.5, 0.6) is 5.75 Å². The van der Waals surface area contributed by atoms with Gasteiger partial charge in [0.2, 0.25) is 0 Å². The van der Waals surface area contributed by atoms with Gasteiger partial charge in [0.25, 0.3) is 0 Å². The minimum absolute atomic E-state index is 0.212. The first-order valence-electron chi connectivity index (χ1n) is 7.73. The van der Waals surface area contributed by atoms with Gasteiger partial charge in [-0.15, -0.1) is 0 Å². The van der Waals surface area contributed by atoms with Crippen molar-refractivity contribution >= 4 is 11.9 Å². The molecule has 1 saturated carbocycles. The Labute approximate surface area is 137 Å². The third-order valence-electron chi connectivity index (χ3n) is 5.08. The van der Waals surface area contributed by atoms with Crippen LogP contribution in [0.25, 0.3) is 0 Å². The number of allylic oxidation sites excluding steroid dienone is 1. The molecule has 0 amide bonds. The van der Waals surface area contributed by atoms with Crippen molar-refractivity contribution in [3.8, 4) is 5.75 Å². The van der Waals surface area contributed by atoms with E-state index in [0.29, 0.717) is 5.75 Å². The average Bonchev–Trinajstić information content (AvgIpc) is 2.94. The second kappa shape index (κ2) is 5.52. The highest BCUT2D eigenvalue weighted by Crippen LogP contribution is 2.76. The van der Waals surface area contributed by atoms with Crippen LogP contribution in [0.1, 0.15) is 34.6 Å². The van der Waals surface area contributed by atoms with E-state index in [9.17, 15) is 14.7 Å². The summed E-state index contributed by atoms with van der Waals surface area (Å²) in [6.07, 6.45) is 3.03. The number of carbonyl (C=O) groups is 2. The summed E-state index contributed by atoms with van der Waals surface area (Å²) in [6, 6.07) is 8.80. The highest BCUT2D eigenvalue weighted by molar-refractivity contribution is 5.86. The molecule has 1 N–H and O–H groups in total. The van der Waals surface area contributed by atoms with Gasteiger partial charge < -0.3 is 9.84 Å². The molecule has 0 bridgehead atoms. The number of para-hydroxylation sites is 1. The molecule has 1 aliphatic rings. The van der Waals surface area contributed by atoms with Gasteiger partial charge in [0.05, 0.1) is 5.41 Å². The van der Waals surface area contributed by atoms with Gasteiger partial charge in [-0.2, -0.15) is 0 Å². The Bertz CT molecular complexity index is 637. The van der Waals surface area contributed by atoms with E-state index in [1.54, 1.807) is 30.3 Å². The number of carbonyl (C=O) groups excluding carboxylic acids is 1. The molecule has 0 saturated heterocycles. The lowest BCUT2D eigenvalue weighted by molar-refractivity contribution is -0.150. The van der Waals surface area contributed by atoms with Crippen molar-refractivity contribution in [2.24, 2.45) is 22.2 Å². The molecule has 0 aromatic heterocycles. The molecule has 1 aromatic rings. The van der Waals surface area contributed by atoms with E-state index in [4.69, 9.17) is 4.74 Å². The molecule has 1 aliphatic carbocycles. The number of esters is 1. The highest BCUT2D eigenvalue weighted by Gasteiger charge is 2.79. The molecule has 0 spiro atoms. The summed E-state index contributed by atoms with van der Waals surface area (Å²) in [6.45, 7) is 9.66. The van der Waals surface area contributed by atoms with Gasteiger partial charge in [-0.1, -0.05) is 58.9 Å². The Kier molecular flexibility index (Phi) is 4.14. The van der Waals surface area contributed by atoms with Crippen LogP contribution in [0.3, 0.4) is 0 Å². The zero-order chi connectivity index (χ0) is 17.5. The van der Waals surface area contributed by atoms with Gasteiger partial charge in [-0.3, -0.25) is 4.79 Å². The first-order chi connectivity index (χ1) is 10.5. The van der Waals surface area contributed by atoms with Crippen molar-refractivity contribution in [1.29, 1.82) is 0 Å². The zero-order valence-electron chi connectivity index (χ0n) is 14.3. The lowest BCUT2D eigenvalue weighted by Crippen LogP contribution is -2.35. The van der Waals surface area contributed by atoms with Crippen molar-refractivity contribution in [2.45, 2.75) is 34.6 Å². The molecule has 2 rings (SSSR count). The van der Waals surface area contributed by atoms with Gasteiger partial charge in [0, 0.05) is 12.0 Å². The summed E-state index contributed by atoms with van der Waals surface area (Å²) >= 11 is 0. The maximum atomic E-state index is 11.9. The van der Waals surface area contributed by atoms with Crippen molar-refractivity contribution in [1.82, 2.24) is 0 Å². The van der Waals surface area contributed by atoms with Crippen LogP contribution in [0.4, 0.5) is 0 Å². The fraction of sp³-hybridized carbons (Fsp3) is 0.474. The molecule has 4 nitrogen and oxygen atoms in total. The second-order valence-electron chi connectivity index (χ2n) is 7.66. The Hall–Kier alpha value is -2.10. The summed E-state index contributed by atoms with van der Waals surface area (Å²) in [5.41, 5.74) is -1.72. The normalized spacial score (nSPS) is 26.0. The van der Waals surface area contributed by atoms with Gasteiger partial charge in [-0.25, -0.2) is 4.79 Å². The lowest BCUT2D eigenvalue weighted by atomic mass is 9.72. The summed E-state index contributed by atoms with van der Waals surface area (Å²) in [4.78, 5) is 23.9. The summed E-state index contributed by atoms with van der Waals surface area (Å²) in [5, 5.41) is 9.80. The Morgan fingerprint density at radius 2 is 1.74 bits per heavy atom. The van der Waals surface area contributed by atoms with Crippen molar-refractivity contribution in [3.05, 3.63) is 42.5 Å². The van der Waals surface area contributed by atoms with Gasteiger partial charge >= 0.3 is 11.9 Å². The molecule has 0 heterocycles. The minimum atomic E-state index is -0.885. The van der Waals surface area contributed by atoms with Gasteiger partial charge in [-0.05, 0) is 23.0 Å². The molecule has 0 aliphatic heterocycles. The van der Waals surface area contributed by atoms with Crippen LogP contribution < -0.4 is 4.74 Å². The topological polar surface area (TPSA) is 63.6 Å². The van der Waals surface area contributed by atoms with Crippen molar-refractivity contribution < 1.29 is 19.4 Å². The van der Waals surface area contributed by atoms with Gasteiger partial charge in [0.1, 0.15) is 5.75 Å². The first-order valence-corrected chi connectivity index (χ1v) is 7.73. The van der Waals surface area contributed by atoms with Crippen LogP contribution in [-0.4, -0.2) is 17.0 Å². The largest absolute Gasteiger partial charge is 0.481 e. The Morgan fingerprint density at radius 1 is 1.17 bits per heavy atom. The smallest absolute Gasteiger partial charge is 0.335 e. The quantitative estimate of drug-likeness (QED) is 0.519. The van der Waals surface area contributed by atoms with E-state index in [-0.39, 0.29) is 5.92 Å². The highest BCUT2D eigenvalue weighted by atomic mass is 16.5. The SMILES string of the molecule is CC(C)(C)[C@]1(C(=O)O)[C@@H](/C=C\C(=O)Oc2ccccc2)C1(C)C. The number of aliphatic carboxylic acids is 1. The van der Waals surface area contributed by atoms with E-state index in [2.05, 4.69) is 0 Å². The van der Waals surface area contributed by atoms with E-state index in [1.807, 2.05) is 40.7 Å². The first kappa shape index (κ1) is 17.3. The summed E-state index contributed by atoms with van der Waals surface area (Å²) in [5.74, 6) is -1.05. The molecule has 0 unspecified atom stereocenters. The average molecular weight is 316 g/mol. The van der Waals surface area contributed by atoms with E-state index in [0.717, 1.165) is 0 Å². The van der Waals surface area contributed by atoms with E-state index in [1.165, 1.54) is 6.08 Å². The minimum Gasteiger partial charge on any atom is -0.481 e. The molecule has 1 fully saturated rings. The molecular weight excluding hydrogens is 292 g/mol. The predicted molar refractivity (Wildman–Crippen MR) is 88.0 cm³/mol. The molecule has 124 valence electrons. The van der Waals surface area contributed by atoms with E-state index >= 15 is 0 Å². The number of rotatable bonds is 4.